The predicted molar refractivity (Wildman–Crippen MR) is 53.7 cm³/mol. The fraction of sp³-hybridized carbons (Fsp3) is 0.429. The Hall–Kier alpha value is -0.340. The summed E-state index contributed by atoms with van der Waals surface area (Å²) in [4.78, 5) is 4.09. The smallest absolute Gasteiger partial charge is 0.209 e. The quantitative estimate of drug-likeness (QED) is 0.655. The highest BCUT2D eigenvalue weighted by atomic mass is 79.9. The molecule has 1 atom stereocenters. The molecule has 1 aromatic rings. The molecule has 2 heterocycles. The summed E-state index contributed by atoms with van der Waals surface area (Å²) in [5, 5.41) is 8.42. The van der Waals surface area contributed by atoms with Crippen molar-refractivity contribution >= 4 is 21.6 Å². The van der Waals surface area contributed by atoms with Crippen LogP contribution in [-0.2, 0) is 9.84 Å². The highest BCUT2D eigenvalue weighted by Gasteiger charge is 2.23. The second-order valence-electron chi connectivity index (χ2n) is 3.02. The highest BCUT2D eigenvalue weighted by molar-refractivity contribution is 8.02. The minimum atomic E-state index is -2.98. The number of aromatic amines is 1. The van der Waals surface area contributed by atoms with Gasteiger partial charge in [0.25, 0.3) is 0 Å². The van der Waals surface area contributed by atoms with Crippen molar-refractivity contribution in [1.29, 1.82) is 0 Å². The first kappa shape index (κ1) is 12.7. The average molecular weight is 311 g/mol. The summed E-state index contributed by atoms with van der Waals surface area (Å²) >= 11 is 1.35. The van der Waals surface area contributed by atoms with Gasteiger partial charge in [0.05, 0.1) is 5.75 Å². The molecule has 1 aromatic heterocycles. The van der Waals surface area contributed by atoms with E-state index in [1.807, 2.05) is 0 Å². The maximum Gasteiger partial charge on any atom is 0.209 e. The normalized spacial score (nSPS) is 22.6. The molecule has 8 heteroatoms. The average Bonchev–Trinajstić information content (AvgIpc) is 2.59. The maximum absolute atomic E-state index is 11.1. The molecule has 15 heavy (non-hydrogen) atoms. The number of aromatic nitrogens is 3. The highest BCUT2D eigenvalue weighted by Crippen LogP contribution is 2.26. The molecular formula is C7H9BrN3O2S2-. The molecule has 0 aromatic carbocycles. The molecule has 1 aliphatic heterocycles. The molecular weight excluding hydrogens is 302 g/mol. The van der Waals surface area contributed by atoms with Gasteiger partial charge < -0.3 is 17.0 Å². The molecule has 0 spiro atoms. The third-order valence-corrected chi connectivity index (χ3v) is 4.36. The number of sulfone groups is 1. The number of rotatable bonds is 2. The molecule has 1 N–H and O–H groups in total. The largest absolute Gasteiger partial charge is 1.00 e. The first-order chi connectivity index (χ1) is 6.55. The fourth-order valence-electron chi connectivity index (χ4n) is 1.13. The van der Waals surface area contributed by atoms with Crippen molar-refractivity contribution in [3.63, 3.8) is 0 Å². The Balaban J connectivity index is 0.00000112. The molecule has 0 amide bonds. The number of hydrogen-bond donors (Lipinski definition) is 1. The van der Waals surface area contributed by atoms with Crippen molar-refractivity contribution in [3.8, 4) is 0 Å². The van der Waals surface area contributed by atoms with Crippen LogP contribution in [0.5, 0.6) is 0 Å². The van der Waals surface area contributed by atoms with Crippen LogP contribution >= 0.6 is 11.8 Å². The first-order valence-electron chi connectivity index (χ1n) is 4.02. The Morgan fingerprint density at radius 1 is 1.60 bits per heavy atom. The van der Waals surface area contributed by atoms with Crippen LogP contribution in [-0.4, -0.2) is 34.6 Å². The zero-order valence-corrected chi connectivity index (χ0v) is 11.1. The number of hydrogen-bond acceptors (Lipinski definition) is 5. The lowest BCUT2D eigenvalue weighted by Crippen LogP contribution is -3.00. The second-order valence-corrected chi connectivity index (χ2v) is 6.16. The summed E-state index contributed by atoms with van der Waals surface area (Å²) in [5.74, 6) is 0.878. The molecule has 0 radical (unpaired) electrons. The Labute approximate surface area is 102 Å². The number of halogens is 1. The van der Waals surface area contributed by atoms with Gasteiger partial charge in [-0.3, -0.25) is 5.10 Å². The van der Waals surface area contributed by atoms with Gasteiger partial charge in [-0.05, 0) is 6.92 Å². The predicted octanol–water partition coefficient (Wildman–Crippen LogP) is -2.48. The van der Waals surface area contributed by atoms with E-state index in [4.69, 9.17) is 0 Å². The van der Waals surface area contributed by atoms with Crippen molar-refractivity contribution in [2.75, 3.05) is 5.75 Å². The lowest BCUT2D eigenvalue weighted by molar-refractivity contribution is -0.00000546. The van der Waals surface area contributed by atoms with Crippen LogP contribution < -0.4 is 17.0 Å². The van der Waals surface area contributed by atoms with Crippen LogP contribution in [0.2, 0.25) is 0 Å². The molecule has 0 aliphatic carbocycles. The summed E-state index contributed by atoms with van der Waals surface area (Å²) in [7, 11) is -2.98. The van der Waals surface area contributed by atoms with Crippen LogP contribution in [0.1, 0.15) is 5.82 Å². The van der Waals surface area contributed by atoms with Crippen LogP contribution in [0.3, 0.4) is 0 Å². The number of nitrogens with one attached hydrogen (secondary N) is 1. The lowest BCUT2D eigenvalue weighted by Gasteiger charge is -2.00. The van der Waals surface area contributed by atoms with Gasteiger partial charge in [0.15, 0.2) is 9.84 Å². The van der Waals surface area contributed by atoms with E-state index >= 15 is 0 Å². The molecule has 2 rings (SSSR count). The Morgan fingerprint density at radius 2 is 2.33 bits per heavy atom. The van der Waals surface area contributed by atoms with E-state index < -0.39 is 9.84 Å². The van der Waals surface area contributed by atoms with Gasteiger partial charge in [-0.1, -0.05) is 17.8 Å². The molecule has 0 fully saturated rings. The Bertz CT molecular complexity index is 468. The van der Waals surface area contributed by atoms with Gasteiger partial charge in [-0.25, -0.2) is 13.4 Å². The van der Waals surface area contributed by atoms with Gasteiger partial charge in [0, 0.05) is 10.7 Å². The van der Waals surface area contributed by atoms with Crippen molar-refractivity contribution < 1.29 is 25.4 Å². The van der Waals surface area contributed by atoms with Gasteiger partial charge in [-0.15, -0.1) is 5.10 Å². The first-order valence-corrected chi connectivity index (χ1v) is 6.61. The van der Waals surface area contributed by atoms with Crippen molar-refractivity contribution in [1.82, 2.24) is 15.2 Å². The number of thioether (sulfide) groups is 1. The summed E-state index contributed by atoms with van der Waals surface area (Å²) in [6, 6.07) is 0. The van der Waals surface area contributed by atoms with Crippen LogP contribution in [0, 0.1) is 6.92 Å². The van der Waals surface area contributed by atoms with Crippen LogP contribution in [0.15, 0.2) is 16.6 Å². The third kappa shape index (κ3) is 3.32. The Kier molecular flexibility index (Phi) is 3.96. The minimum Gasteiger partial charge on any atom is -1.00 e. The molecule has 5 nitrogen and oxygen atoms in total. The minimum absolute atomic E-state index is 0. The van der Waals surface area contributed by atoms with Crippen molar-refractivity contribution in [3.05, 3.63) is 17.3 Å². The van der Waals surface area contributed by atoms with E-state index in [0.717, 1.165) is 5.82 Å². The molecule has 84 valence electrons. The van der Waals surface area contributed by atoms with Crippen LogP contribution in [0.4, 0.5) is 0 Å². The third-order valence-electron chi connectivity index (χ3n) is 1.73. The topological polar surface area (TPSA) is 75.7 Å². The zero-order chi connectivity index (χ0) is 10.2. The van der Waals surface area contributed by atoms with E-state index in [-0.39, 0.29) is 28.0 Å². The van der Waals surface area contributed by atoms with E-state index in [1.54, 1.807) is 13.0 Å². The molecule has 0 bridgehead atoms. The Morgan fingerprint density at radius 3 is 2.80 bits per heavy atom. The summed E-state index contributed by atoms with van der Waals surface area (Å²) in [5.41, 5.74) is 0. The maximum atomic E-state index is 11.1. The fourth-order valence-corrected chi connectivity index (χ4v) is 3.90. The van der Waals surface area contributed by atoms with Gasteiger partial charge >= 0.3 is 0 Å². The van der Waals surface area contributed by atoms with Crippen molar-refractivity contribution in [2.45, 2.75) is 17.3 Å². The van der Waals surface area contributed by atoms with E-state index in [9.17, 15) is 8.42 Å². The molecule has 0 saturated heterocycles. The number of H-pyrrole nitrogens is 1. The lowest BCUT2D eigenvalue weighted by atomic mass is 10.5. The number of aryl methyl sites for hydroxylation is 1. The summed E-state index contributed by atoms with van der Waals surface area (Å²) in [6.07, 6.45) is 1.67. The van der Waals surface area contributed by atoms with Gasteiger partial charge in [-0.2, -0.15) is 0 Å². The van der Waals surface area contributed by atoms with E-state index in [0.29, 0.717) is 5.16 Å². The van der Waals surface area contributed by atoms with E-state index in [1.165, 1.54) is 17.2 Å². The van der Waals surface area contributed by atoms with Crippen LogP contribution in [0.25, 0.3) is 0 Å². The summed E-state index contributed by atoms with van der Waals surface area (Å²) in [6.45, 7) is 1.80. The molecule has 1 aliphatic rings. The summed E-state index contributed by atoms with van der Waals surface area (Å²) < 4.78 is 22.2. The SMILES string of the molecule is Cc1nc(SC2C=CS(=O)(=O)C2)n[nH]1.[Br-]. The van der Waals surface area contributed by atoms with Gasteiger partial charge in [0.1, 0.15) is 5.82 Å². The second kappa shape index (κ2) is 4.67. The number of nitrogens with zero attached hydrogens (tertiary/aromatic N) is 2. The monoisotopic (exact) mass is 310 g/mol. The van der Waals surface area contributed by atoms with Gasteiger partial charge in [0.2, 0.25) is 5.16 Å². The molecule has 1 unspecified atom stereocenters. The standard InChI is InChI=1S/C7H9N3O2S2.BrH/c1-5-8-7(10-9-5)13-6-2-3-14(11,12)4-6;/h2-3,6H,4H2,1H3,(H,8,9,10);1H/p-1. The zero-order valence-electron chi connectivity index (χ0n) is 7.84. The van der Waals surface area contributed by atoms with E-state index in [2.05, 4.69) is 15.2 Å². The van der Waals surface area contributed by atoms with Crippen molar-refractivity contribution in [2.24, 2.45) is 0 Å². The molecule has 0 saturated carbocycles.